The molecule has 1 N–H and O–H groups in total. The number of piperidine rings is 1. The average molecular weight is 316 g/mol. The monoisotopic (exact) mass is 316 g/mol. The van der Waals surface area contributed by atoms with Gasteiger partial charge in [-0.1, -0.05) is 12.1 Å². The van der Waals surface area contributed by atoms with Gasteiger partial charge in [0.1, 0.15) is 0 Å². The molecule has 0 radical (unpaired) electrons. The van der Waals surface area contributed by atoms with Crippen LogP contribution in [-0.4, -0.2) is 46.1 Å². The highest BCUT2D eigenvalue weighted by Gasteiger charge is 2.22. The fourth-order valence-electron chi connectivity index (χ4n) is 3.36. The maximum Gasteiger partial charge on any atom is 0.328 e. The lowest BCUT2D eigenvalue weighted by atomic mass is 10.1. The number of amides is 1. The number of carbonyl (C=O) groups is 1. The third kappa shape index (κ3) is 3.03. The van der Waals surface area contributed by atoms with Crippen molar-refractivity contribution in [3.05, 3.63) is 34.7 Å². The quantitative estimate of drug-likeness (QED) is 0.913. The minimum Gasteiger partial charge on any atom is -0.343 e. The summed E-state index contributed by atoms with van der Waals surface area (Å²) < 4.78 is 3.34. The average Bonchev–Trinajstić information content (AvgIpc) is 2.84. The second-order valence-corrected chi connectivity index (χ2v) is 6.18. The number of para-hydroxylation sites is 2. The number of rotatable bonds is 4. The third-order valence-electron chi connectivity index (χ3n) is 4.86. The SMILES string of the molecule is CNC1CCN(C(=O)CCn2c(=O)n(C)c3ccccc32)CC1. The third-order valence-corrected chi connectivity index (χ3v) is 4.86. The zero-order chi connectivity index (χ0) is 16.4. The van der Waals surface area contributed by atoms with Crippen molar-refractivity contribution in [3.63, 3.8) is 0 Å². The lowest BCUT2D eigenvalue weighted by Gasteiger charge is -2.31. The van der Waals surface area contributed by atoms with Gasteiger partial charge in [0.05, 0.1) is 11.0 Å². The van der Waals surface area contributed by atoms with Gasteiger partial charge in [-0.3, -0.25) is 13.9 Å². The summed E-state index contributed by atoms with van der Waals surface area (Å²) in [5.74, 6) is 0.138. The Morgan fingerprint density at radius 1 is 1.22 bits per heavy atom. The minimum atomic E-state index is -0.0621. The molecule has 1 aliphatic rings. The first-order chi connectivity index (χ1) is 11.1. The number of nitrogens with one attached hydrogen (secondary N) is 1. The van der Waals surface area contributed by atoms with Gasteiger partial charge in [0.2, 0.25) is 5.91 Å². The summed E-state index contributed by atoms with van der Waals surface area (Å²) in [6.07, 6.45) is 2.37. The predicted molar refractivity (Wildman–Crippen MR) is 90.5 cm³/mol. The van der Waals surface area contributed by atoms with Gasteiger partial charge in [-0.25, -0.2) is 4.79 Å². The van der Waals surface area contributed by atoms with Crippen molar-refractivity contribution in [1.29, 1.82) is 0 Å². The largest absolute Gasteiger partial charge is 0.343 e. The summed E-state index contributed by atoms with van der Waals surface area (Å²) in [5.41, 5.74) is 1.73. The lowest BCUT2D eigenvalue weighted by Crippen LogP contribution is -2.44. The van der Waals surface area contributed by atoms with Gasteiger partial charge >= 0.3 is 5.69 Å². The number of aromatic nitrogens is 2. The molecule has 0 bridgehead atoms. The van der Waals surface area contributed by atoms with Crippen LogP contribution in [0, 0.1) is 0 Å². The number of aryl methyl sites for hydroxylation is 2. The highest BCUT2D eigenvalue weighted by molar-refractivity contribution is 5.78. The molecular weight excluding hydrogens is 292 g/mol. The molecule has 1 aromatic heterocycles. The maximum atomic E-state index is 12.4. The molecule has 23 heavy (non-hydrogen) atoms. The van der Waals surface area contributed by atoms with E-state index in [1.807, 2.05) is 36.2 Å². The molecule has 2 aromatic rings. The molecule has 0 saturated carbocycles. The van der Waals surface area contributed by atoms with Crippen molar-refractivity contribution in [2.75, 3.05) is 20.1 Å². The van der Waals surface area contributed by atoms with Gasteiger partial charge in [0.25, 0.3) is 0 Å². The topological polar surface area (TPSA) is 59.3 Å². The van der Waals surface area contributed by atoms with Crippen LogP contribution < -0.4 is 11.0 Å². The van der Waals surface area contributed by atoms with Crippen LogP contribution in [0.15, 0.2) is 29.1 Å². The Morgan fingerprint density at radius 2 is 1.87 bits per heavy atom. The van der Waals surface area contributed by atoms with E-state index < -0.39 is 0 Å². The summed E-state index contributed by atoms with van der Waals surface area (Å²) in [5, 5.41) is 3.27. The van der Waals surface area contributed by atoms with Crippen molar-refractivity contribution >= 4 is 16.9 Å². The lowest BCUT2D eigenvalue weighted by molar-refractivity contribution is -0.132. The van der Waals surface area contributed by atoms with Crippen molar-refractivity contribution < 1.29 is 4.79 Å². The molecule has 124 valence electrons. The van der Waals surface area contributed by atoms with Gasteiger partial charge in [0.15, 0.2) is 0 Å². The van der Waals surface area contributed by atoms with E-state index in [0.717, 1.165) is 37.0 Å². The number of nitrogens with zero attached hydrogens (tertiary/aromatic N) is 3. The Labute approximate surface area is 135 Å². The van der Waals surface area contributed by atoms with E-state index in [1.165, 1.54) is 0 Å². The van der Waals surface area contributed by atoms with Crippen molar-refractivity contribution in [2.45, 2.75) is 31.8 Å². The molecule has 0 spiro atoms. The summed E-state index contributed by atoms with van der Waals surface area (Å²) in [4.78, 5) is 26.7. The number of imidazole rings is 1. The van der Waals surface area contributed by atoms with E-state index in [9.17, 15) is 9.59 Å². The molecule has 0 atom stereocenters. The van der Waals surface area contributed by atoms with E-state index in [-0.39, 0.29) is 11.6 Å². The van der Waals surface area contributed by atoms with Gasteiger partial charge in [0, 0.05) is 39.1 Å². The van der Waals surface area contributed by atoms with Crippen molar-refractivity contribution in [2.24, 2.45) is 7.05 Å². The molecule has 3 rings (SSSR count). The number of likely N-dealkylation sites (tertiary alicyclic amines) is 1. The van der Waals surface area contributed by atoms with Crippen molar-refractivity contribution in [1.82, 2.24) is 19.4 Å². The van der Waals surface area contributed by atoms with Crippen LogP contribution in [-0.2, 0) is 18.4 Å². The summed E-state index contributed by atoms with van der Waals surface area (Å²) in [7, 11) is 3.74. The number of benzene rings is 1. The zero-order valence-corrected chi connectivity index (χ0v) is 13.8. The Morgan fingerprint density at radius 3 is 2.52 bits per heavy atom. The van der Waals surface area contributed by atoms with E-state index in [4.69, 9.17) is 0 Å². The van der Waals surface area contributed by atoms with E-state index >= 15 is 0 Å². The minimum absolute atomic E-state index is 0.0621. The highest BCUT2D eigenvalue weighted by Crippen LogP contribution is 2.14. The zero-order valence-electron chi connectivity index (χ0n) is 13.8. The molecular formula is C17H24N4O2. The molecule has 1 amide bonds. The Hall–Kier alpha value is -2.08. The number of hydrogen-bond donors (Lipinski definition) is 1. The first kappa shape index (κ1) is 15.8. The van der Waals surface area contributed by atoms with E-state index in [2.05, 4.69) is 5.32 Å². The second kappa shape index (κ2) is 6.58. The number of fused-ring (bicyclic) bond motifs is 1. The molecule has 2 heterocycles. The second-order valence-electron chi connectivity index (χ2n) is 6.18. The first-order valence-corrected chi connectivity index (χ1v) is 8.21. The van der Waals surface area contributed by atoms with Crippen LogP contribution in [0.2, 0.25) is 0 Å². The van der Waals surface area contributed by atoms with Gasteiger partial charge in [-0.2, -0.15) is 0 Å². The Balaban J connectivity index is 1.68. The van der Waals surface area contributed by atoms with Crippen LogP contribution in [0.25, 0.3) is 11.0 Å². The summed E-state index contributed by atoms with van der Waals surface area (Å²) >= 11 is 0. The van der Waals surface area contributed by atoms with Crippen LogP contribution in [0.5, 0.6) is 0 Å². The standard InChI is InChI=1S/C17H24N4O2/c1-18-13-7-10-20(11-8-13)16(22)9-12-21-15-6-4-3-5-14(15)19(2)17(21)23/h3-6,13,18H,7-12H2,1-2H3. The van der Waals surface area contributed by atoms with E-state index in [0.29, 0.717) is 19.0 Å². The number of hydrogen-bond acceptors (Lipinski definition) is 3. The molecule has 1 aromatic carbocycles. The highest BCUT2D eigenvalue weighted by atomic mass is 16.2. The Bertz CT molecular complexity index is 754. The van der Waals surface area contributed by atoms with Crippen LogP contribution in [0.1, 0.15) is 19.3 Å². The number of carbonyl (C=O) groups excluding carboxylic acids is 1. The van der Waals surface area contributed by atoms with E-state index in [1.54, 1.807) is 16.2 Å². The smallest absolute Gasteiger partial charge is 0.328 e. The first-order valence-electron chi connectivity index (χ1n) is 8.21. The van der Waals surface area contributed by atoms with Gasteiger partial charge in [-0.15, -0.1) is 0 Å². The van der Waals surface area contributed by atoms with Crippen LogP contribution in [0.4, 0.5) is 0 Å². The molecule has 0 unspecified atom stereocenters. The Kier molecular flexibility index (Phi) is 4.52. The molecule has 1 aliphatic heterocycles. The molecule has 6 heteroatoms. The van der Waals surface area contributed by atoms with Gasteiger partial charge < -0.3 is 10.2 Å². The van der Waals surface area contributed by atoms with Gasteiger partial charge in [-0.05, 0) is 32.0 Å². The fourth-order valence-corrected chi connectivity index (χ4v) is 3.36. The summed E-state index contributed by atoms with van der Waals surface area (Å²) in [6.45, 7) is 2.04. The summed E-state index contributed by atoms with van der Waals surface area (Å²) in [6, 6.07) is 8.21. The molecule has 6 nitrogen and oxygen atoms in total. The molecule has 1 fully saturated rings. The van der Waals surface area contributed by atoms with Crippen LogP contribution in [0.3, 0.4) is 0 Å². The van der Waals surface area contributed by atoms with Crippen LogP contribution >= 0.6 is 0 Å². The normalized spacial score (nSPS) is 16.2. The van der Waals surface area contributed by atoms with Crippen molar-refractivity contribution in [3.8, 4) is 0 Å². The maximum absolute atomic E-state index is 12.4. The predicted octanol–water partition coefficient (Wildman–Crippen LogP) is 0.940. The molecule has 1 saturated heterocycles. The fraction of sp³-hybridized carbons (Fsp3) is 0.529. The molecule has 0 aliphatic carbocycles.